The lowest BCUT2D eigenvalue weighted by atomic mass is 10.1. The molecule has 3 aromatic carbocycles. The van der Waals surface area contributed by atoms with Crippen LogP contribution >= 0.6 is 39.0 Å². The molecule has 7 heteroatoms. The number of halogens is 1. The number of hydrogen-bond acceptors (Lipinski definition) is 4. The van der Waals surface area contributed by atoms with Gasteiger partial charge in [-0.1, -0.05) is 52.3 Å². The summed E-state index contributed by atoms with van der Waals surface area (Å²) in [6.07, 6.45) is 0. The summed E-state index contributed by atoms with van der Waals surface area (Å²) >= 11 is 6.28. The minimum atomic E-state index is -0.425. The summed E-state index contributed by atoms with van der Waals surface area (Å²) in [5, 5.41) is 7.35. The molecule has 4 aromatic rings. The van der Waals surface area contributed by atoms with Gasteiger partial charge in [-0.15, -0.1) is 23.1 Å². The zero-order valence-electron chi connectivity index (χ0n) is 16.8. The lowest BCUT2D eigenvalue weighted by Gasteiger charge is -2.17. The number of carbonyl (C=O) groups excluding carboxylic acids is 2. The largest absolute Gasteiger partial charge is 0.325 e. The van der Waals surface area contributed by atoms with Gasteiger partial charge in [0.15, 0.2) is 0 Å². The number of nitrogens with one attached hydrogen (secondary N) is 2. The predicted octanol–water partition coefficient (Wildman–Crippen LogP) is 7.24. The van der Waals surface area contributed by atoms with Crippen LogP contribution < -0.4 is 10.6 Å². The molecule has 0 aliphatic rings. The van der Waals surface area contributed by atoms with Crippen molar-refractivity contribution in [3.63, 3.8) is 0 Å². The van der Waals surface area contributed by atoms with E-state index in [0.717, 1.165) is 20.6 Å². The fourth-order valence-corrected chi connectivity index (χ4v) is 4.90. The van der Waals surface area contributed by atoms with Gasteiger partial charge in [0, 0.05) is 20.7 Å². The SMILES string of the molecule is O=C(Nc1ccc(SC(C(=O)Nc2ccc(Br)cc2)c2ccccc2)cc1)c1cccs1. The van der Waals surface area contributed by atoms with Crippen LogP contribution in [0.3, 0.4) is 0 Å². The van der Waals surface area contributed by atoms with Gasteiger partial charge in [0.1, 0.15) is 5.25 Å². The molecule has 1 unspecified atom stereocenters. The minimum absolute atomic E-state index is 0.0985. The normalized spacial score (nSPS) is 11.5. The number of thioether (sulfide) groups is 1. The lowest BCUT2D eigenvalue weighted by molar-refractivity contribution is -0.115. The molecule has 0 aliphatic heterocycles. The first-order valence-corrected chi connectivity index (χ1v) is 12.4. The molecule has 32 heavy (non-hydrogen) atoms. The molecule has 0 radical (unpaired) electrons. The molecule has 1 atom stereocenters. The van der Waals surface area contributed by atoms with Crippen molar-refractivity contribution in [3.05, 3.63) is 111 Å². The average Bonchev–Trinajstić information content (AvgIpc) is 3.36. The first-order chi connectivity index (χ1) is 15.6. The first kappa shape index (κ1) is 22.3. The molecule has 0 aliphatic carbocycles. The van der Waals surface area contributed by atoms with E-state index in [1.54, 1.807) is 6.07 Å². The quantitative estimate of drug-likeness (QED) is 0.251. The Morgan fingerprint density at radius 3 is 2.09 bits per heavy atom. The number of hydrogen-bond donors (Lipinski definition) is 2. The highest BCUT2D eigenvalue weighted by Gasteiger charge is 2.22. The fourth-order valence-electron chi connectivity index (χ4n) is 3.00. The topological polar surface area (TPSA) is 58.2 Å². The third-order valence-corrected chi connectivity index (χ3v) is 7.23. The molecule has 4 rings (SSSR count). The molecule has 0 fully saturated rings. The summed E-state index contributed by atoms with van der Waals surface area (Å²) in [4.78, 5) is 27.0. The van der Waals surface area contributed by atoms with Crippen LogP contribution in [0.5, 0.6) is 0 Å². The molecule has 4 nitrogen and oxygen atoms in total. The van der Waals surface area contributed by atoms with E-state index in [9.17, 15) is 9.59 Å². The van der Waals surface area contributed by atoms with Gasteiger partial charge in [0.2, 0.25) is 5.91 Å². The molecule has 1 heterocycles. The van der Waals surface area contributed by atoms with Crippen LogP contribution in [0.2, 0.25) is 0 Å². The Bertz CT molecular complexity index is 1180. The zero-order valence-corrected chi connectivity index (χ0v) is 20.0. The van der Waals surface area contributed by atoms with Crippen molar-refractivity contribution in [3.8, 4) is 0 Å². The number of benzene rings is 3. The minimum Gasteiger partial charge on any atom is -0.325 e. The molecule has 2 N–H and O–H groups in total. The van der Waals surface area contributed by atoms with E-state index in [2.05, 4.69) is 26.6 Å². The Morgan fingerprint density at radius 1 is 0.781 bits per heavy atom. The van der Waals surface area contributed by atoms with Gasteiger partial charge in [-0.25, -0.2) is 0 Å². The van der Waals surface area contributed by atoms with Gasteiger partial charge >= 0.3 is 0 Å². The Morgan fingerprint density at radius 2 is 1.44 bits per heavy atom. The van der Waals surface area contributed by atoms with Crippen LogP contribution in [-0.2, 0) is 4.79 Å². The van der Waals surface area contributed by atoms with Gasteiger partial charge in [0.05, 0.1) is 4.88 Å². The van der Waals surface area contributed by atoms with Crippen LogP contribution in [0.25, 0.3) is 0 Å². The number of thiophene rings is 1. The van der Waals surface area contributed by atoms with Gasteiger partial charge in [-0.05, 0) is 65.5 Å². The van der Waals surface area contributed by atoms with E-state index in [1.807, 2.05) is 90.3 Å². The summed E-state index contributed by atoms with van der Waals surface area (Å²) in [5.41, 5.74) is 2.37. The number of rotatable bonds is 7. The van der Waals surface area contributed by atoms with Gasteiger partial charge in [0.25, 0.3) is 5.91 Å². The van der Waals surface area contributed by atoms with E-state index in [-0.39, 0.29) is 11.8 Å². The van der Waals surface area contributed by atoms with Crippen LogP contribution in [0.4, 0.5) is 11.4 Å². The third-order valence-electron chi connectivity index (χ3n) is 4.56. The van der Waals surface area contributed by atoms with Crippen LogP contribution in [0.1, 0.15) is 20.5 Å². The monoisotopic (exact) mass is 522 g/mol. The fraction of sp³-hybridized carbons (Fsp3) is 0.0400. The van der Waals surface area contributed by atoms with E-state index in [4.69, 9.17) is 0 Å². The Balaban J connectivity index is 1.49. The molecular formula is C25H19BrN2O2S2. The van der Waals surface area contributed by atoms with Gasteiger partial charge < -0.3 is 10.6 Å². The maximum atomic E-state index is 13.1. The molecule has 0 saturated heterocycles. The second-order valence-electron chi connectivity index (χ2n) is 6.86. The van der Waals surface area contributed by atoms with Crippen molar-refractivity contribution < 1.29 is 9.59 Å². The molecule has 160 valence electrons. The average molecular weight is 523 g/mol. The summed E-state index contributed by atoms with van der Waals surface area (Å²) in [7, 11) is 0. The molecule has 0 saturated carbocycles. The smallest absolute Gasteiger partial charge is 0.265 e. The second kappa shape index (κ2) is 10.6. The maximum Gasteiger partial charge on any atom is 0.265 e. The third kappa shape index (κ3) is 5.88. The summed E-state index contributed by atoms with van der Waals surface area (Å²) < 4.78 is 0.954. The zero-order chi connectivity index (χ0) is 22.3. The van der Waals surface area contributed by atoms with Crippen molar-refractivity contribution in [2.45, 2.75) is 10.1 Å². The highest BCUT2D eigenvalue weighted by atomic mass is 79.9. The molecule has 1 aromatic heterocycles. The molecule has 0 spiro atoms. The number of amides is 2. The van der Waals surface area contributed by atoms with E-state index in [1.165, 1.54) is 23.1 Å². The first-order valence-electron chi connectivity index (χ1n) is 9.81. The molecular weight excluding hydrogens is 504 g/mol. The van der Waals surface area contributed by atoms with Crippen molar-refractivity contribution in [2.75, 3.05) is 10.6 Å². The Kier molecular flexibility index (Phi) is 7.42. The van der Waals surface area contributed by atoms with Crippen LogP contribution in [-0.4, -0.2) is 11.8 Å². The van der Waals surface area contributed by atoms with Crippen molar-refractivity contribution in [1.82, 2.24) is 0 Å². The van der Waals surface area contributed by atoms with Crippen LogP contribution in [0, 0.1) is 0 Å². The van der Waals surface area contributed by atoms with E-state index < -0.39 is 5.25 Å². The molecule has 2 amide bonds. The van der Waals surface area contributed by atoms with Crippen LogP contribution in [0.15, 0.2) is 106 Å². The Hall–Kier alpha value is -2.87. The van der Waals surface area contributed by atoms with Gasteiger partial charge in [-0.3, -0.25) is 9.59 Å². The number of carbonyl (C=O) groups is 2. The van der Waals surface area contributed by atoms with E-state index >= 15 is 0 Å². The number of anilines is 2. The van der Waals surface area contributed by atoms with Crippen molar-refractivity contribution in [2.24, 2.45) is 0 Å². The highest BCUT2D eigenvalue weighted by Crippen LogP contribution is 2.36. The summed E-state index contributed by atoms with van der Waals surface area (Å²) in [6, 6.07) is 28.4. The summed E-state index contributed by atoms with van der Waals surface area (Å²) in [5.74, 6) is -0.227. The summed E-state index contributed by atoms with van der Waals surface area (Å²) in [6.45, 7) is 0. The maximum absolute atomic E-state index is 13.1. The van der Waals surface area contributed by atoms with Crippen molar-refractivity contribution >= 4 is 62.2 Å². The predicted molar refractivity (Wildman–Crippen MR) is 137 cm³/mol. The second-order valence-corrected chi connectivity index (χ2v) is 9.90. The van der Waals surface area contributed by atoms with Gasteiger partial charge in [-0.2, -0.15) is 0 Å². The van der Waals surface area contributed by atoms with E-state index in [0.29, 0.717) is 10.6 Å². The lowest BCUT2D eigenvalue weighted by Crippen LogP contribution is -2.19. The standard InChI is InChI=1S/C25H19BrN2O2S2/c26-18-8-10-19(11-9-18)28-25(30)23(17-5-2-1-3-6-17)32-21-14-12-20(13-15-21)27-24(29)22-7-4-16-31-22/h1-16,23H,(H,27,29)(H,28,30). The highest BCUT2D eigenvalue weighted by molar-refractivity contribution is 9.10. The van der Waals surface area contributed by atoms with Crippen molar-refractivity contribution in [1.29, 1.82) is 0 Å². The Labute approximate surface area is 203 Å². The molecule has 0 bridgehead atoms.